The van der Waals surface area contributed by atoms with Gasteiger partial charge in [-0.15, -0.1) is 11.3 Å². The third-order valence-corrected chi connectivity index (χ3v) is 5.32. The van der Waals surface area contributed by atoms with Gasteiger partial charge in [-0.1, -0.05) is 48.0 Å². The maximum absolute atomic E-state index is 12.4. The van der Waals surface area contributed by atoms with Crippen molar-refractivity contribution in [3.63, 3.8) is 0 Å². The van der Waals surface area contributed by atoms with Gasteiger partial charge in [0.05, 0.1) is 0 Å². The zero-order chi connectivity index (χ0) is 19.4. The summed E-state index contributed by atoms with van der Waals surface area (Å²) in [5, 5.41) is 12.6. The molecule has 4 nitrogen and oxygen atoms in total. The number of hydrogen-bond donors (Lipinski definition) is 2. The Labute approximate surface area is 165 Å². The molecular weight excluding hydrogens is 382 g/mol. The molecule has 1 amide bonds. The molecule has 1 heterocycles. The van der Waals surface area contributed by atoms with Gasteiger partial charge in [0, 0.05) is 25.9 Å². The lowest BCUT2D eigenvalue weighted by molar-refractivity contribution is -0.132. The molecule has 3 aromatic rings. The Morgan fingerprint density at radius 2 is 1.74 bits per heavy atom. The smallest absolute Gasteiger partial charge is 0.352 e. The lowest BCUT2D eigenvalue weighted by Gasteiger charge is -2.08. The number of hydrogen-bond acceptors (Lipinski definition) is 3. The van der Waals surface area contributed by atoms with Crippen molar-refractivity contribution in [1.29, 1.82) is 0 Å². The highest BCUT2D eigenvalue weighted by Gasteiger charge is 2.15. The van der Waals surface area contributed by atoms with E-state index in [0.717, 1.165) is 16.0 Å². The molecule has 0 unspecified atom stereocenters. The van der Waals surface area contributed by atoms with Crippen LogP contribution in [0.15, 0.2) is 66.4 Å². The number of thiophene rings is 1. The van der Waals surface area contributed by atoms with Gasteiger partial charge < -0.3 is 10.4 Å². The number of carbonyl (C=O) groups is 2. The summed E-state index contributed by atoms with van der Waals surface area (Å²) in [5.41, 5.74) is 1.91. The van der Waals surface area contributed by atoms with E-state index in [1.54, 1.807) is 37.3 Å². The summed E-state index contributed by atoms with van der Waals surface area (Å²) in [6.07, 6.45) is 1.45. The number of benzene rings is 2. The number of carboxylic acids is 1. The number of aliphatic carboxylic acids is 1. The number of nitrogens with one attached hydrogen (secondary N) is 1. The minimum absolute atomic E-state index is 0.184. The van der Waals surface area contributed by atoms with Crippen molar-refractivity contribution in [1.82, 2.24) is 5.32 Å². The van der Waals surface area contributed by atoms with Gasteiger partial charge in [-0.25, -0.2) is 4.79 Å². The predicted molar refractivity (Wildman–Crippen MR) is 109 cm³/mol. The van der Waals surface area contributed by atoms with E-state index in [1.807, 2.05) is 30.3 Å². The fraction of sp³-hybridized carbons (Fsp3) is 0.0476. The van der Waals surface area contributed by atoms with Crippen molar-refractivity contribution in [2.75, 3.05) is 0 Å². The molecule has 136 valence electrons. The van der Waals surface area contributed by atoms with Gasteiger partial charge in [-0.3, -0.25) is 4.79 Å². The Morgan fingerprint density at radius 3 is 2.44 bits per heavy atom. The van der Waals surface area contributed by atoms with Crippen molar-refractivity contribution in [2.24, 2.45) is 0 Å². The lowest BCUT2D eigenvalue weighted by atomic mass is 10.1. The van der Waals surface area contributed by atoms with Gasteiger partial charge >= 0.3 is 5.97 Å². The summed E-state index contributed by atoms with van der Waals surface area (Å²) in [6.45, 7) is 1.80. The van der Waals surface area contributed by atoms with E-state index < -0.39 is 11.9 Å². The Hall–Kier alpha value is -2.89. The Morgan fingerprint density at radius 1 is 1.04 bits per heavy atom. The number of amides is 1. The molecule has 3 rings (SSSR count). The van der Waals surface area contributed by atoms with Crippen LogP contribution in [0.5, 0.6) is 0 Å². The van der Waals surface area contributed by atoms with Crippen molar-refractivity contribution in [3.8, 4) is 10.4 Å². The van der Waals surface area contributed by atoms with E-state index in [0.29, 0.717) is 15.5 Å². The van der Waals surface area contributed by atoms with Crippen LogP contribution in [0.25, 0.3) is 16.5 Å². The number of aryl methyl sites for hydroxylation is 1. The summed E-state index contributed by atoms with van der Waals surface area (Å²) >= 11 is 7.61. The van der Waals surface area contributed by atoms with Gasteiger partial charge in [0.2, 0.25) is 0 Å². The Bertz CT molecular complexity index is 1040. The minimum atomic E-state index is -1.20. The Kier molecular flexibility index (Phi) is 5.74. The van der Waals surface area contributed by atoms with Crippen LogP contribution in [0, 0.1) is 6.92 Å². The minimum Gasteiger partial charge on any atom is -0.477 e. The normalized spacial score (nSPS) is 11.3. The molecule has 2 N–H and O–H groups in total. The molecule has 27 heavy (non-hydrogen) atoms. The maximum Gasteiger partial charge on any atom is 0.352 e. The van der Waals surface area contributed by atoms with Crippen LogP contribution in [-0.2, 0) is 4.79 Å². The standard InChI is InChI=1S/C21H16ClNO3S/c1-13-6-2-3-7-15(13)20(24)23-18(21(25)26)12-14-10-11-19(27-14)16-8-4-5-9-17(16)22/h2-12H,1H3,(H,23,24)(H,25,26). The molecule has 2 aromatic carbocycles. The van der Waals surface area contributed by atoms with Crippen molar-refractivity contribution in [2.45, 2.75) is 6.92 Å². The van der Waals surface area contributed by atoms with Crippen molar-refractivity contribution < 1.29 is 14.7 Å². The van der Waals surface area contributed by atoms with E-state index in [4.69, 9.17) is 11.6 Å². The topological polar surface area (TPSA) is 66.4 Å². The van der Waals surface area contributed by atoms with Gasteiger partial charge in [-0.05, 0) is 42.8 Å². The molecule has 0 aliphatic rings. The largest absolute Gasteiger partial charge is 0.477 e. The molecule has 0 aliphatic carbocycles. The van der Waals surface area contributed by atoms with Crippen LogP contribution in [0.4, 0.5) is 0 Å². The first kappa shape index (κ1) is 18.9. The molecule has 0 atom stereocenters. The molecule has 0 fully saturated rings. The summed E-state index contributed by atoms with van der Waals surface area (Å²) < 4.78 is 0. The van der Waals surface area contributed by atoms with Gasteiger partial charge in [0.1, 0.15) is 5.70 Å². The second-order valence-corrected chi connectivity index (χ2v) is 7.34. The molecule has 0 spiro atoms. The predicted octanol–water partition coefficient (Wildman–Crippen LogP) is 5.23. The number of carboxylic acid groups (broad SMARTS) is 1. The van der Waals surface area contributed by atoms with Crippen LogP contribution < -0.4 is 5.32 Å². The van der Waals surface area contributed by atoms with Gasteiger partial charge in [-0.2, -0.15) is 0 Å². The van der Waals surface area contributed by atoms with E-state index >= 15 is 0 Å². The van der Waals surface area contributed by atoms with Crippen LogP contribution in [0.1, 0.15) is 20.8 Å². The molecule has 1 aromatic heterocycles. The summed E-state index contributed by atoms with van der Waals surface area (Å²) in [7, 11) is 0. The quantitative estimate of drug-likeness (QED) is 0.579. The highest BCUT2D eigenvalue weighted by atomic mass is 35.5. The van der Waals surface area contributed by atoms with Crippen LogP contribution in [0.2, 0.25) is 5.02 Å². The first-order chi connectivity index (χ1) is 13.0. The maximum atomic E-state index is 12.4. The summed E-state index contributed by atoms with van der Waals surface area (Å²) in [4.78, 5) is 25.6. The fourth-order valence-corrected chi connectivity index (χ4v) is 3.83. The monoisotopic (exact) mass is 397 g/mol. The van der Waals surface area contributed by atoms with Gasteiger partial charge in [0.15, 0.2) is 0 Å². The van der Waals surface area contributed by atoms with Crippen LogP contribution in [-0.4, -0.2) is 17.0 Å². The van der Waals surface area contributed by atoms with Crippen LogP contribution >= 0.6 is 22.9 Å². The van der Waals surface area contributed by atoms with Gasteiger partial charge in [0.25, 0.3) is 5.91 Å². The van der Waals surface area contributed by atoms with Crippen LogP contribution in [0.3, 0.4) is 0 Å². The summed E-state index contributed by atoms with van der Waals surface area (Å²) in [6, 6.07) is 18.1. The first-order valence-electron chi connectivity index (χ1n) is 8.12. The average Bonchev–Trinajstić information content (AvgIpc) is 3.10. The third-order valence-electron chi connectivity index (χ3n) is 3.92. The average molecular weight is 398 g/mol. The number of rotatable bonds is 5. The van der Waals surface area contributed by atoms with Crippen molar-refractivity contribution in [3.05, 3.63) is 87.4 Å². The molecule has 6 heteroatoms. The second kappa shape index (κ2) is 8.20. The SMILES string of the molecule is Cc1ccccc1C(=O)NC(=Cc1ccc(-c2ccccc2Cl)s1)C(=O)O. The molecule has 0 radical (unpaired) electrons. The third kappa shape index (κ3) is 4.45. The number of carbonyl (C=O) groups excluding carboxylic acids is 1. The first-order valence-corrected chi connectivity index (χ1v) is 9.32. The molecular formula is C21H16ClNO3S. The second-order valence-electron chi connectivity index (χ2n) is 5.81. The molecule has 0 saturated heterocycles. The molecule has 0 saturated carbocycles. The van der Waals surface area contributed by atoms with E-state index in [1.165, 1.54) is 17.4 Å². The zero-order valence-corrected chi connectivity index (χ0v) is 16.0. The van der Waals surface area contributed by atoms with E-state index in [9.17, 15) is 14.7 Å². The Balaban J connectivity index is 1.87. The zero-order valence-electron chi connectivity index (χ0n) is 14.4. The van der Waals surface area contributed by atoms with E-state index in [-0.39, 0.29) is 5.70 Å². The molecule has 0 bridgehead atoms. The lowest BCUT2D eigenvalue weighted by Crippen LogP contribution is -2.27. The fourth-order valence-electron chi connectivity index (χ4n) is 2.55. The molecule has 0 aliphatic heterocycles. The van der Waals surface area contributed by atoms with Crippen molar-refractivity contribution >= 4 is 40.9 Å². The highest BCUT2D eigenvalue weighted by Crippen LogP contribution is 2.33. The highest BCUT2D eigenvalue weighted by molar-refractivity contribution is 7.16. The number of halogens is 1. The van der Waals surface area contributed by atoms with E-state index in [2.05, 4.69) is 5.32 Å². The summed E-state index contributed by atoms with van der Waals surface area (Å²) in [5.74, 6) is -1.66.